The van der Waals surface area contributed by atoms with E-state index in [1.165, 1.54) is 29.2 Å². The summed E-state index contributed by atoms with van der Waals surface area (Å²) in [5.41, 5.74) is 8.28. The molecular weight excluding hydrogens is 347 g/mol. The summed E-state index contributed by atoms with van der Waals surface area (Å²) in [4.78, 5) is 22.8. The summed E-state index contributed by atoms with van der Waals surface area (Å²) >= 11 is 5.86. The van der Waals surface area contributed by atoms with Crippen LogP contribution in [0.25, 0.3) is 28.3 Å². The van der Waals surface area contributed by atoms with E-state index in [9.17, 15) is 9.18 Å². The normalized spacial score (nSPS) is 11.1. The number of aromatic amines is 1. The molecule has 0 atom stereocenters. The molecular formula is C16H10ClFN6O. The highest BCUT2D eigenvalue weighted by atomic mass is 35.5. The molecule has 0 bridgehead atoms. The highest BCUT2D eigenvalue weighted by molar-refractivity contribution is 6.31. The Morgan fingerprint density at radius 3 is 2.84 bits per heavy atom. The molecule has 0 saturated carbocycles. The number of nitrogens with zero attached hydrogens (tertiary/aromatic N) is 4. The number of primary amides is 1. The van der Waals surface area contributed by atoms with Gasteiger partial charge in [0.15, 0.2) is 5.65 Å². The molecule has 0 saturated heterocycles. The first-order valence-corrected chi connectivity index (χ1v) is 7.56. The van der Waals surface area contributed by atoms with Crippen molar-refractivity contribution >= 4 is 23.2 Å². The van der Waals surface area contributed by atoms with Crippen molar-refractivity contribution in [3.05, 3.63) is 59.4 Å². The number of carbonyl (C=O) groups is 1. The van der Waals surface area contributed by atoms with Crippen molar-refractivity contribution in [3.63, 3.8) is 0 Å². The lowest BCUT2D eigenvalue weighted by molar-refractivity contribution is 0.0993. The second-order valence-corrected chi connectivity index (χ2v) is 5.66. The molecule has 3 aromatic heterocycles. The summed E-state index contributed by atoms with van der Waals surface area (Å²) < 4.78 is 14.8. The minimum absolute atomic E-state index is 0.000450. The molecule has 0 fully saturated rings. The Bertz CT molecular complexity index is 1120. The van der Waals surface area contributed by atoms with E-state index in [1.54, 1.807) is 18.2 Å². The van der Waals surface area contributed by atoms with Gasteiger partial charge in [0.1, 0.15) is 17.2 Å². The minimum atomic E-state index is -0.632. The fourth-order valence-corrected chi connectivity index (χ4v) is 2.71. The molecule has 3 N–H and O–H groups in total. The maximum atomic E-state index is 13.4. The SMILES string of the molecule is NC(=O)c1cnc2ccc(-c3[nH]cnc3-c3ccc(F)c(Cl)c3)nn12. The minimum Gasteiger partial charge on any atom is -0.364 e. The number of carbonyl (C=O) groups excluding carboxylic acids is 1. The van der Waals surface area contributed by atoms with E-state index in [0.29, 0.717) is 28.3 Å². The fraction of sp³-hybridized carbons (Fsp3) is 0. The van der Waals surface area contributed by atoms with Crippen LogP contribution >= 0.6 is 11.6 Å². The molecule has 0 aliphatic carbocycles. The lowest BCUT2D eigenvalue weighted by atomic mass is 10.1. The van der Waals surface area contributed by atoms with Gasteiger partial charge in [0.25, 0.3) is 5.91 Å². The lowest BCUT2D eigenvalue weighted by Gasteiger charge is -2.05. The number of rotatable bonds is 3. The van der Waals surface area contributed by atoms with Crippen LogP contribution in [0.1, 0.15) is 10.5 Å². The van der Waals surface area contributed by atoms with Crippen LogP contribution < -0.4 is 5.73 Å². The van der Waals surface area contributed by atoms with Gasteiger partial charge in [-0.1, -0.05) is 11.6 Å². The summed E-state index contributed by atoms with van der Waals surface area (Å²) in [5, 5.41) is 4.40. The van der Waals surface area contributed by atoms with Gasteiger partial charge in [-0.25, -0.2) is 18.9 Å². The van der Waals surface area contributed by atoms with Gasteiger partial charge in [-0.2, -0.15) is 5.10 Å². The number of hydrogen-bond donors (Lipinski definition) is 2. The number of nitrogens with two attached hydrogens (primary N) is 1. The van der Waals surface area contributed by atoms with Crippen molar-refractivity contribution in [1.82, 2.24) is 24.6 Å². The molecule has 0 aliphatic rings. The second-order valence-electron chi connectivity index (χ2n) is 5.25. The molecule has 7 nitrogen and oxygen atoms in total. The van der Waals surface area contributed by atoms with Gasteiger partial charge < -0.3 is 10.7 Å². The molecule has 1 amide bonds. The number of halogens is 2. The standard InChI is InChI=1S/C16H10ClFN6O/c17-9-5-8(1-2-10(9)18)14-15(22-7-21-14)11-3-4-13-20-6-12(16(19)25)24(13)23-11/h1-7H,(H2,19,25)(H,21,22). The number of nitrogens with one attached hydrogen (secondary N) is 1. The summed E-state index contributed by atoms with van der Waals surface area (Å²) in [5.74, 6) is -1.14. The van der Waals surface area contributed by atoms with Crippen molar-refractivity contribution in [2.75, 3.05) is 0 Å². The Hall–Kier alpha value is -3.26. The molecule has 0 aliphatic heterocycles. The fourth-order valence-electron chi connectivity index (χ4n) is 2.53. The number of benzene rings is 1. The quantitative estimate of drug-likeness (QED) is 0.589. The van der Waals surface area contributed by atoms with Crippen molar-refractivity contribution in [1.29, 1.82) is 0 Å². The van der Waals surface area contributed by atoms with Crippen LogP contribution in [-0.4, -0.2) is 30.5 Å². The topological polar surface area (TPSA) is 102 Å². The van der Waals surface area contributed by atoms with Crippen molar-refractivity contribution in [2.24, 2.45) is 5.73 Å². The number of H-pyrrole nitrogens is 1. The molecule has 0 radical (unpaired) electrons. The average molecular weight is 357 g/mol. The molecule has 4 aromatic rings. The number of fused-ring (bicyclic) bond motifs is 1. The first-order valence-electron chi connectivity index (χ1n) is 7.18. The van der Waals surface area contributed by atoms with Crippen molar-refractivity contribution < 1.29 is 9.18 Å². The van der Waals surface area contributed by atoms with Gasteiger partial charge in [0, 0.05) is 5.56 Å². The molecule has 0 spiro atoms. The van der Waals surface area contributed by atoms with E-state index in [-0.39, 0.29) is 10.7 Å². The summed E-state index contributed by atoms with van der Waals surface area (Å²) in [6.07, 6.45) is 2.86. The Labute approximate surface area is 145 Å². The number of imidazole rings is 2. The third-order valence-electron chi connectivity index (χ3n) is 3.70. The lowest BCUT2D eigenvalue weighted by Crippen LogP contribution is -2.15. The van der Waals surface area contributed by atoms with Crippen LogP contribution in [0.4, 0.5) is 4.39 Å². The van der Waals surface area contributed by atoms with Gasteiger partial charge in [0.2, 0.25) is 0 Å². The zero-order chi connectivity index (χ0) is 17.6. The summed E-state index contributed by atoms with van der Waals surface area (Å²) in [7, 11) is 0. The highest BCUT2D eigenvalue weighted by Gasteiger charge is 2.16. The maximum absolute atomic E-state index is 13.4. The van der Waals surface area contributed by atoms with Gasteiger partial charge in [0.05, 0.1) is 28.9 Å². The van der Waals surface area contributed by atoms with E-state index < -0.39 is 11.7 Å². The van der Waals surface area contributed by atoms with Gasteiger partial charge in [-0.3, -0.25) is 4.79 Å². The smallest absolute Gasteiger partial charge is 0.269 e. The first kappa shape index (κ1) is 15.3. The number of aromatic nitrogens is 5. The van der Waals surface area contributed by atoms with Crippen molar-refractivity contribution in [2.45, 2.75) is 0 Å². The van der Waals surface area contributed by atoms with Crippen LogP contribution in [-0.2, 0) is 0 Å². The second kappa shape index (κ2) is 5.67. The molecule has 124 valence electrons. The molecule has 4 rings (SSSR count). The number of amides is 1. The van der Waals surface area contributed by atoms with Gasteiger partial charge in [-0.05, 0) is 30.3 Å². The summed E-state index contributed by atoms with van der Waals surface area (Å²) in [6.45, 7) is 0. The number of hydrogen-bond acceptors (Lipinski definition) is 4. The molecule has 0 unspecified atom stereocenters. The highest BCUT2D eigenvalue weighted by Crippen LogP contribution is 2.30. The Balaban J connectivity index is 1.87. The van der Waals surface area contributed by atoms with Crippen molar-refractivity contribution in [3.8, 4) is 22.6 Å². The molecule has 1 aromatic carbocycles. The van der Waals surface area contributed by atoms with E-state index in [2.05, 4.69) is 20.1 Å². The Morgan fingerprint density at radius 1 is 1.24 bits per heavy atom. The van der Waals surface area contributed by atoms with E-state index >= 15 is 0 Å². The predicted octanol–water partition coefficient (Wildman–Crippen LogP) is 2.68. The first-order chi connectivity index (χ1) is 12.0. The predicted molar refractivity (Wildman–Crippen MR) is 89.5 cm³/mol. The van der Waals surface area contributed by atoms with Gasteiger partial charge in [-0.15, -0.1) is 0 Å². The van der Waals surface area contributed by atoms with E-state index in [0.717, 1.165) is 0 Å². The third kappa shape index (κ3) is 2.52. The molecule has 3 heterocycles. The van der Waals surface area contributed by atoms with Crippen LogP contribution in [0.2, 0.25) is 5.02 Å². The molecule has 9 heteroatoms. The van der Waals surface area contributed by atoms with E-state index in [4.69, 9.17) is 17.3 Å². The monoisotopic (exact) mass is 356 g/mol. The maximum Gasteiger partial charge on any atom is 0.269 e. The van der Waals surface area contributed by atoms with Crippen LogP contribution in [0.3, 0.4) is 0 Å². The molecule has 25 heavy (non-hydrogen) atoms. The summed E-state index contributed by atoms with van der Waals surface area (Å²) in [6, 6.07) is 7.77. The van der Waals surface area contributed by atoms with Crippen LogP contribution in [0.5, 0.6) is 0 Å². The van der Waals surface area contributed by atoms with Crippen LogP contribution in [0.15, 0.2) is 42.9 Å². The average Bonchev–Trinajstić information content (AvgIpc) is 3.23. The van der Waals surface area contributed by atoms with E-state index in [1.807, 2.05) is 0 Å². The zero-order valence-corrected chi connectivity index (χ0v) is 13.3. The Kier molecular flexibility index (Phi) is 3.47. The zero-order valence-electron chi connectivity index (χ0n) is 12.6. The Morgan fingerprint density at radius 2 is 2.08 bits per heavy atom. The van der Waals surface area contributed by atoms with Gasteiger partial charge >= 0.3 is 0 Å². The van der Waals surface area contributed by atoms with Crippen LogP contribution in [0, 0.1) is 5.82 Å². The third-order valence-corrected chi connectivity index (χ3v) is 3.99. The largest absolute Gasteiger partial charge is 0.364 e.